The Hall–Kier alpha value is -3.41. The Morgan fingerprint density at radius 1 is 1.32 bits per heavy atom. The van der Waals surface area contributed by atoms with Gasteiger partial charge in [0.1, 0.15) is 5.69 Å². The molecule has 0 radical (unpaired) electrons. The van der Waals surface area contributed by atoms with E-state index in [-0.39, 0.29) is 36.4 Å². The molecule has 0 atom stereocenters. The van der Waals surface area contributed by atoms with Crippen LogP contribution in [0.4, 0.5) is 13.2 Å². The van der Waals surface area contributed by atoms with Gasteiger partial charge in [-0.25, -0.2) is 4.98 Å². The van der Waals surface area contributed by atoms with Crippen LogP contribution in [0.25, 0.3) is 10.9 Å². The van der Waals surface area contributed by atoms with E-state index in [4.69, 9.17) is 9.84 Å². The van der Waals surface area contributed by atoms with Crippen molar-refractivity contribution in [3.63, 3.8) is 0 Å². The maximum Gasteiger partial charge on any atom is 0.422 e. The molecule has 0 aliphatic heterocycles. The van der Waals surface area contributed by atoms with Crippen molar-refractivity contribution in [2.45, 2.75) is 19.1 Å². The van der Waals surface area contributed by atoms with Gasteiger partial charge in [-0.2, -0.15) is 18.3 Å². The van der Waals surface area contributed by atoms with Gasteiger partial charge < -0.3 is 19.9 Å². The first-order valence-corrected chi connectivity index (χ1v) is 9.24. The fourth-order valence-corrected chi connectivity index (χ4v) is 2.77. The maximum atomic E-state index is 12.4. The molecule has 166 valence electrons. The molecule has 3 aromatic heterocycles. The topological polar surface area (TPSA) is 111 Å². The van der Waals surface area contributed by atoms with Crippen molar-refractivity contribution < 1.29 is 32.5 Å². The molecule has 3 aromatic rings. The van der Waals surface area contributed by atoms with Gasteiger partial charge >= 0.3 is 6.18 Å². The van der Waals surface area contributed by atoms with E-state index in [1.165, 1.54) is 25.6 Å². The number of alkyl halides is 3. The van der Waals surface area contributed by atoms with Gasteiger partial charge in [-0.15, -0.1) is 0 Å². The zero-order valence-corrected chi connectivity index (χ0v) is 16.5. The number of methoxy groups -OCH3 is 1. The van der Waals surface area contributed by atoms with E-state index in [0.29, 0.717) is 29.4 Å². The summed E-state index contributed by atoms with van der Waals surface area (Å²) in [5.41, 5.74) is 1.35. The number of nitrogens with one attached hydrogen (secondary N) is 1. The molecule has 0 saturated carbocycles. The summed E-state index contributed by atoms with van der Waals surface area (Å²) in [6.07, 6.45) is 0.415. The number of fused-ring (bicyclic) bond motifs is 1. The van der Waals surface area contributed by atoms with E-state index < -0.39 is 12.8 Å². The van der Waals surface area contributed by atoms with Crippen molar-refractivity contribution >= 4 is 16.8 Å². The zero-order chi connectivity index (χ0) is 22.4. The maximum absolute atomic E-state index is 12.4. The number of hydrogen-bond acceptors (Lipinski definition) is 7. The lowest BCUT2D eigenvalue weighted by Crippen LogP contribution is -2.26. The molecule has 9 nitrogen and oxygen atoms in total. The second kappa shape index (κ2) is 9.60. The number of rotatable bonds is 9. The molecule has 0 aliphatic rings. The Morgan fingerprint density at radius 3 is 2.84 bits per heavy atom. The van der Waals surface area contributed by atoms with Crippen molar-refractivity contribution in [3.05, 3.63) is 42.0 Å². The molecular formula is C19H20F3N5O4. The predicted octanol–water partition coefficient (Wildman–Crippen LogP) is 1.94. The number of aromatic nitrogens is 4. The molecule has 0 aromatic carbocycles. The molecule has 31 heavy (non-hydrogen) atoms. The van der Waals surface area contributed by atoms with Crippen molar-refractivity contribution in [1.82, 2.24) is 25.1 Å². The number of hydrogen-bond donors (Lipinski definition) is 2. The number of aliphatic hydroxyl groups excluding tert-OH is 1. The Kier molecular flexibility index (Phi) is 6.90. The van der Waals surface area contributed by atoms with Gasteiger partial charge in [-0.3, -0.25) is 14.5 Å². The number of carbonyl (C=O) groups is 1. The summed E-state index contributed by atoms with van der Waals surface area (Å²) in [5, 5.41) is 16.4. The van der Waals surface area contributed by atoms with Gasteiger partial charge in [-0.1, -0.05) is 0 Å². The smallest absolute Gasteiger partial charge is 0.422 e. The first-order valence-electron chi connectivity index (χ1n) is 9.24. The molecule has 0 spiro atoms. The summed E-state index contributed by atoms with van der Waals surface area (Å²) in [7, 11) is 1.30. The minimum atomic E-state index is -4.49. The number of carbonyl (C=O) groups excluding carboxylic acids is 1. The SMILES string of the molecule is COc1cc(Cn2cc3c(C(=O)NCCCO)nccc3n2)cnc1OCC(F)(F)F. The molecular weight excluding hydrogens is 419 g/mol. The fraction of sp³-hybridized carbons (Fsp3) is 0.368. The number of pyridine rings is 2. The van der Waals surface area contributed by atoms with Crippen molar-refractivity contribution in [1.29, 1.82) is 0 Å². The lowest BCUT2D eigenvalue weighted by molar-refractivity contribution is -0.154. The van der Waals surface area contributed by atoms with E-state index in [1.54, 1.807) is 16.9 Å². The van der Waals surface area contributed by atoms with Gasteiger partial charge in [0.25, 0.3) is 11.8 Å². The summed E-state index contributed by atoms with van der Waals surface area (Å²) in [4.78, 5) is 20.4. The monoisotopic (exact) mass is 439 g/mol. The number of ether oxygens (including phenoxy) is 2. The largest absolute Gasteiger partial charge is 0.491 e. The van der Waals surface area contributed by atoms with Crippen LogP contribution in [-0.2, 0) is 6.54 Å². The lowest BCUT2D eigenvalue weighted by atomic mass is 10.2. The molecule has 0 fully saturated rings. The van der Waals surface area contributed by atoms with E-state index in [0.717, 1.165) is 0 Å². The Labute approximate surface area is 174 Å². The fourth-order valence-electron chi connectivity index (χ4n) is 2.77. The molecule has 2 N–H and O–H groups in total. The molecule has 0 unspecified atom stereocenters. The molecule has 3 heterocycles. The third-order valence-corrected chi connectivity index (χ3v) is 4.13. The normalized spacial score (nSPS) is 11.5. The number of aliphatic hydroxyl groups is 1. The van der Waals surface area contributed by atoms with Crippen LogP contribution in [0.3, 0.4) is 0 Å². The average molecular weight is 439 g/mol. The average Bonchev–Trinajstić information content (AvgIpc) is 3.14. The van der Waals surface area contributed by atoms with Crippen molar-refractivity contribution in [2.24, 2.45) is 0 Å². The molecule has 0 aliphatic carbocycles. The minimum Gasteiger partial charge on any atom is -0.491 e. The highest BCUT2D eigenvalue weighted by Gasteiger charge is 2.29. The van der Waals surface area contributed by atoms with Gasteiger partial charge in [0.05, 0.1) is 24.6 Å². The van der Waals surface area contributed by atoms with Crippen LogP contribution in [0.5, 0.6) is 11.6 Å². The summed E-state index contributed by atoms with van der Waals surface area (Å²) in [6.45, 7) is -0.970. The highest BCUT2D eigenvalue weighted by molar-refractivity contribution is 6.04. The lowest BCUT2D eigenvalue weighted by Gasteiger charge is -2.12. The third-order valence-electron chi connectivity index (χ3n) is 4.13. The summed E-state index contributed by atoms with van der Waals surface area (Å²) < 4.78 is 48.4. The molecule has 0 bridgehead atoms. The second-order valence-corrected chi connectivity index (χ2v) is 6.51. The summed E-state index contributed by atoms with van der Waals surface area (Å²) in [5.74, 6) is -0.586. The zero-order valence-electron chi connectivity index (χ0n) is 16.5. The highest BCUT2D eigenvalue weighted by atomic mass is 19.4. The second-order valence-electron chi connectivity index (χ2n) is 6.51. The van der Waals surface area contributed by atoms with Gasteiger partial charge in [-0.05, 0) is 24.1 Å². The Bertz CT molecular complexity index is 1050. The van der Waals surface area contributed by atoms with Crippen LogP contribution in [0.15, 0.2) is 30.7 Å². The minimum absolute atomic E-state index is 0.0344. The Balaban J connectivity index is 1.79. The van der Waals surface area contributed by atoms with Crippen LogP contribution in [0.1, 0.15) is 22.5 Å². The first kappa shape index (κ1) is 22.3. The van der Waals surface area contributed by atoms with Crippen LogP contribution in [0.2, 0.25) is 0 Å². The summed E-state index contributed by atoms with van der Waals surface area (Å²) in [6, 6.07) is 3.16. The standard InChI is InChI=1S/C19H20F3N5O4/c1-30-15-7-12(8-25-18(15)31-11-19(20,21)22)9-27-10-13-14(26-27)3-5-23-16(13)17(29)24-4-2-6-28/h3,5,7-8,10,28H,2,4,6,9,11H2,1H3,(H,24,29). The van der Waals surface area contributed by atoms with Crippen LogP contribution in [-0.4, -0.2) is 63.8 Å². The van der Waals surface area contributed by atoms with Gasteiger partial charge in [0, 0.05) is 31.7 Å². The highest BCUT2D eigenvalue weighted by Crippen LogP contribution is 2.27. The predicted molar refractivity (Wildman–Crippen MR) is 103 cm³/mol. The van der Waals surface area contributed by atoms with Gasteiger partial charge in [0.15, 0.2) is 12.4 Å². The van der Waals surface area contributed by atoms with Crippen LogP contribution in [0, 0.1) is 0 Å². The van der Waals surface area contributed by atoms with Crippen LogP contribution < -0.4 is 14.8 Å². The van der Waals surface area contributed by atoms with E-state index in [2.05, 4.69) is 25.1 Å². The quantitative estimate of drug-likeness (QED) is 0.490. The van der Waals surface area contributed by atoms with E-state index >= 15 is 0 Å². The van der Waals surface area contributed by atoms with Crippen molar-refractivity contribution in [2.75, 3.05) is 26.9 Å². The number of amides is 1. The molecule has 1 amide bonds. The number of halogens is 3. The number of nitrogens with zero attached hydrogens (tertiary/aromatic N) is 4. The van der Waals surface area contributed by atoms with E-state index in [9.17, 15) is 18.0 Å². The first-order chi connectivity index (χ1) is 14.8. The Morgan fingerprint density at radius 2 is 2.13 bits per heavy atom. The molecule has 3 rings (SSSR count). The van der Waals surface area contributed by atoms with E-state index in [1.807, 2.05) is 0 Å². The molecule has 12 heteroatoms. The molecule has 0 saturated heterocycles. The summed E-state index contributed by atoms with van der Waals surface area (Å²) >= 11 is 0. The third kappa shape index (κ3) is 5.81. The van der Waals surface area contributed by atoms with Crippen molar-refractivity contribution in [3.8, 4) is 11.6 Å². The van der Waals surface area contributed by atoms with Gasteiger partial charge in [0.2, 0.25) is 0 Å². The van der Waals surface area contributed by atoms with Crippen LogP contribution >= 0.6 is 0 Å².